The number of rotatable bonds is 9. The number of nitrogens with two attached hydrogens (primary N) is 2. The maximum atomic E-state index is 13.1. The SMILES string of the molecule is CC(=O)c1ccccc1N=C(C)C(CN)N(CCN)C(=O)c1ccc(Br)cc1.CCc1ccccc1. The fraction of sp³-hybridized carbons (Fsp3) is 0.276. The summed E-state index contributed by atoms with van der Waals surface area (Å²) in [6, 6.07) is 24.3. The van der Waals surface area contributed by atoms with Gasteiger partial charge in [0.05, 0.1) is 11.7 Å². The summed E-state index contributed by atoms with van der Waals surface area (Å²) >= 11 is 3.37. The number of para-hydroxylation sites is 1. The molecule has 0 aliphatic rings. The molecule has 0 bridgehead atoms. The van der Waals surface area contributed by atoms with Gasteiger partial charge < -0.3 is 16.4 Å². The van der Waals surface area contributed by atoms with Crippen molar-refractivity contribution in [3.05, 3.63) is 100 Å². The van der Waals surface area contributed by atoms with Crippen LogP contribution in [0.5, 0.6) is 0 Å². The normalized spacial score (nSPS) is 11.8. The summed E-state index contributed by atoms with van der Waals surface area (Å²) in [5.74, 6) is -0.232. The number of carbonyl (C=O) groups excluding carboxylic acids is 2. The van der Waals surface area contributed by atoms with E-state index in [1.54, 1.807) is 35.2 Å². The number of hydrogen-bond donors (Lipinski definition) is 2. The minimum Gasteiger partial charge on any atom is -0.329 e. The Bertz CT molecular complexity index is 1150. The van der Waals surface area contributed by atoms with E-state index >= 15 is 0 Å². The summed E-state index contributed by atoms with van der Waals surface area (Å²) < 4.78 is 0.892. The van der Waals surface area contributed by atoms with E-state index in [1.165, 1.54) is 12.5 Å². The van der Waals surface area contributed by atoms with E-state index in [1.807, 2.05) is 31.2 Å². The first kappa shape index (κ1) is 29.1. The van der Waals surface area contributed by atoms with Gasteiger partial charge in [-0.3, -0.25) is 14.6 Å². The predicted molar refractivity (Wildman–Crippen MR) is 152 cm³/mol. The molecule has 3 aromatic carbocycles. The highest BCUT2D eigenvalue weighted by Gasteiger charge is 2.25. The fourth-order valence-electron chi connectivity index (χ4n) is 3.67. The highest BCUT2D eigenvalue weighted by atomic mass is 79.9. The average molecular weight is 552 g/mol. The molecule has 0 radical (unpaired) electrons. The first-order chi connectivity index (χ1) is 17.3. The van der Waals surface area contributed by atoms with E-state index in [4.69, 9.17) is 11.5 Å². The molecule has 0 fully saturated rings. The van der Waals surface area contributed by atoms with E-state index in [0.717, 1.165) is 10.9 Å². The van der Waals surface area contributed by atoms with Crippen molar-refractivity contribution in [2.75, 3.05) is 19.6 Å². The first-order valence-electron chi connectivity index (χ1n) is 12.0. The molecule has 3 rings (SSSR count). The fourth-order valence-corrected chi connectivity index (χ4v) is 3.93. The van der Waals surface area contributed by atoms with Gasteiger partial charge in [-0.2, -0.15) is 0 Å². The van der Waals surface area contributed by atoms with Crippen LogP contribution >= 0.6 is 15.9 Å². The van der Waals surface area contributed by atoms with Gasteiger partial charge in [0.25, 0.3) is 5.91 Å². The molecule has 0 spiro atoms. The van der Waals surface area contributed by atoms with Gasteiger partial charge in [-0.25, -0.2) is 0 Å². The second kappa shape index (κ2) is 15.1. The molecule has 1 atom stereocenters. The molecular formula is C29H35BrN4O2. The number of nitrogens with zero attached hydrogens (tertiary/aromatic N) is 2. The third kappa shape index (κ3) is 8.52. The van der Waals surface area contributed by atoms with Crippen molar-refractivity contribution in [3.63, 3.8) is 0 Å². The third-order valence-electron chi connectivity index (χ3n) is 5.63. The number of Topliss-reactive ketones (excluding diaryl/α,β-unsaturated/α-hetero) is 1. The largest absolute Gasteiger partial charge is 0.329 e. The van der Waals surface area contributed by atoms with Crippen LogP contribution in [0.2, 0.25) is 0 Å². The molecule has 1 amide bonds. The van der Waals surface area contributed by atoms with Crippen LogP contribution in [0.3, 0.4) is 0 Å². The van der Waals surface area contributed by atoms with Crippen LogP contribution in [-0.2, 0) is 6.42 Å². The Morgan fingerprint density at radius 2 is 1.53 bits per heavy atom. The molecule has 0 saturated heterocycles. The summed E-state index contributed by atoms with van der Waals surface area (Å²) in [7, 11) is 0. The molecule has 7 heteroatoms. The molecule has 6 nitrogen and oxygen atoms in total. The van der Waals surface area contributed by atoms with Crippen molar-refractivity contribution in [2.24, 2.45) is 16.5 Å². The van der Waals surface area contributed by atoms with Gasteiger partial charge in [-0.1, -0.05) is 65.3 Å². The van der Waals surface area contributed by atoms with Gasteiger partial charge in [-0.15, -0.1) is 0 Å². The predicted octanol–water partition coefficient (Wildman–Crippen LogP) is 5.42. The smallest absolute Gasteiger partial charge is 0.254 e. The molecule has 0 heterocycles. The Hall–Kier alpha value is -3.13. The number of hydrogen-bond acceptors (Lipinski definition) is 5. The van der Waals surface area contributed by atoms with Crippen molar-refractivity contribution >= 4 is 39.0 Å². The molecule has 0 aliphatic heterocycles. The van der Waals surface area contributed by atoms with Gasteiger partial charge in [-0.05, 0) is 62.2 Å². The van der Waals surface area contributed by atoms with Crippen molar-refractivity contribution in [1.29, 1.82) is 0 Å². The maximum Gasteiger partial charge on any atom is 0.254 e. The van der Waals surface area contributed by atoms with Gasteiger partial charge in [0, 0.05) is 40.9 Å². The zero-order valence-corrected chi connectivity index (χ0v) is 22.7. The number of amides is 1. The summed E-state index contributed by atoms with van der Waals surface area (Å²) in [5.41, 5.74) is 15.5. The zero-order chi connectivity index (χ0) is 26.5. The third-order valence-corrected chi connectivity index (χ3v) is 6.16. The Kier molecular flexibility index (Phi) is 12.2. The number of ketones is 1. The lowest BCUT2D eigenvalue weighted by molar-refractivity contribution is 0.0733. The molecule has 3 aromatic rings. The van der Waals surface area contributed by atoms with E-state index in [0.29, 0.717) is 35.6 Å². The second-order valence-corrected chi connectivity index (χ2v) is 9.13. The Morgan fingerprint density at radius 1 is 0.917 bits per heavy atom. The highest BCUT2D eigenvalue weighted by molar-refractivity contribution is 9.10. The molecule has 4 N–H and O–H groups in total. The van der Waals surface area contributed by atoms with Crippen LogP contribution in [0.25, 0.3) is 0 Å². The highest BCUT2D eigenvalue weighted by Crippen LogP contribution is 2.21. The van der Waals surface area contributed by atoms with E-state index < -0.39 is 6.04 Å². The number of aryl methyl sites for hydroxylation is 1. The Balaban J connectivity index is 0.000000482. The lowest BCUT2D eigenvalue weighted by atomic mass is 10.1. The van der Waals surface area contributed by atoms with Gasteiger partial charge in [0.15, 0.2) is 5.78 Å². The number of aliphatic imine (C=N–C) groups is 1. The van der Waals surface area contributed by atoms with Gasteiger partial charge in [0.1, 0.15) is 0 Å². The summed E-state index contributed by atoms with van der Waals surface area (Å²) in [6.45, 7) is 6.32. The number of halogens is 1. The lowest BCUT2D eigenvalue weighted by Crippen LogP contribution is -2.50. The summed E-state index contributed by atoms with van der Waals surface area (Å²) in [6.07, 6.45) is 1.14. The van der Waals surface area contributed by atoms with Crippen molar-refractivity contribution in [1.82, 2.24) is 4.90 Å². The summed E-state index contributed by atoms with van der Waals surface area (Å²) in [4.78, 5) is 31.2. The zero-order valence-electron chi connectivity index (χ0n) is 21.2. The van der Waals surface area contributed by atoms with Crippen molar-refractivity contribution in [2.45, 2.75) is 33.2 Å². The maximum absolute atomic E-state index is 13.1. The van der Waals surface area contributed by atoms with Crippen LogP contribution < -0.4 is 11.5 Å². The number of carbonyl (C=O) groups is 2. The van der Waals surface area contributed by atoms with E-state index in [-0.39, 0.29) is 18.2 Å². The molecule has 190 valence electrons. The van der Waals surface area contributed by atoms with Crippen molar-refractivity contribution < 1.29 is 9.59 Å². The van der Waals surface area contributed by atoms with E-state index in [9.17, 15) is 9.59 Å². The topological polar surface area (TPSA) is 102 Å². The number of benzene rings is 3. The van der Waals surface area contributed by atoms with Crippen LogP contribution in [0.15, 0.2) is 88.3 Å². The van der Waals surface area contributed by atoms with Gasteiger partial charge >= 0.3 is 0 Å². The van der Waals surface area contributed by atoms with Crippen LogP contribution in [0, 0.1) is 0 Å². The van der Waals surface area contributed by atoms with Crippen molar-refractivity contribution in [3.8, 4) is 0 Å². The monoisotopic (exact) mass is 550 g/mol. The van der Waals surface area contributed by atoms with Crippen LogP contribution in [0.4, 0.5) is 5.69 Å². The minimum atomic E-state index is -0.431. The average Bonchev–Trinajstić information content (AvgIpc) is 2.89. The van der Waals surface area contributed by atoms with Crippen LogP contribution in [-0.4, -0.2) is 48.0 Å². The second-order valence-electron chi connectivity index (χ2n) is 8.21. The quantitative estimate of drug-likeness (QED) is 0.274. The standard InChI is InChI=1S/C21H25BrN4O2.C8H10/c1-14(25-19-6-4-3-5-18(19)15(2)27)20(13-24)26(12-11-23)21(28)16-7-9-17(22)10-8-16;1-2-8-6-4-3-5-7-8/h3-10,20H,11-13,23-24H2,1-2H3;3-7H,2H2,1H3. The molecular weight excluding hydrogens is 516 g/mol. The van der Waals surface area contributed by atoms with Crippen LogP contribution in [0.1, 0.15) is 47.1 Å². The lowest BCUT2D eigenvalue weighted by Gasteiger charge is -2.31. The summed E-state index contributed by atoms with van der Waals surface area (Å²) in [5, 5.41) is 0. The molecule has 1 unspecified atom stereocenters. The molecule has 0 aromatic heterocycles. The molecule has 36 heavy (non-hydrogen) atoms. The van der Waals surface area contributed by atoms with Gasteiger partial charge in [0.2, 0.25) is 0 Å². The Labute approximate surface area is 222 Å². The Morgan fingerprint density at radius 3 is 2.06 bits per heavy atom. The molecule has 0 saturated carbocycles. The van der Waals surface area contributed by atoms with E-state index in [2.05, 4.69) is 52.1 Å². The first-order valence-corrected chi connectivity index (χ1v) is 12.8. The molecule has 0 aliphatic carbocycles. The minimum absolute atomic E-state index is 0.0683.